The maximum Gasteiger partial charge on any atom is 0.223 e. The van der Waals surface area contributed by atoms with E-state index in [4.69, 9.17) is 4.74 Å². The van der Waals surface area contributed by atoms with Crippen molar-refractivity contribution < 1.29 is 13.9 Å². The zero-order valence-electron chi connectivity index (χ0n) is 13.5. The molecule has 3 nitrogen and oxygen atoms in total. The molecule has 4 heteroatoms. The average Bonchev–Trinajstić information content (AvgIpc) is 2.57. The van der Waals surface area contributed by atoms with Gasteiger partial charge in [0.05, 0.1) is 7.11 Å². The summed E-state index contributed by atoms with van der Waals surface area (Å²) in [6, 6.07) is 14.1. The van der Waals surface area contributed by atoms with E-state index in [0.29, 0.717) is 13.0 Å². The molecule has 23 heavy (non-hydrogen) atoms. The van der Waals surface area contributed by atoms with Crippen LogP contribution >= 0.6 is 0 Å². The molecule has 0 fully saturated rings. The second kappa shape index (κ2) is 8.32. The van der Waals surface area contributed by atoms with Gasteiger partial charge in [0.25, 0.3) is 0 Å². The van der Waals surface area contributed by atoms with Crippen molar-refractivity contribution in [3.63, 3.8) is 0 Å². The fourth-order valence-corrected chi connectivity index (χ4v) is 2.36. The average molecular weight is 315 g/mol. The van der Waals surface area contributed by atoms with E-state index in [-0.39, 0.29) is 17.6 Å². The monoisotopic (exact) mass is 315 g/mol. The minimum absolute atomic E-state index is 0.0165. The molecule has 0 aliphatic rings. The van der Waals surface area contributed by atoms with Crippen LogP contribution in [0.25, 0.3) is 0 Å². The lowest BCUT2D eigenvalue weighted by molar-refractivity contribution is -0.124. The molecule has 0 aliphatic carbocycles. The van der Waals surface area contributed by atoms with Crippen LogP contribution in [0, 0.1) is 11.7 Å². The third kappa shape index (κ3) is 5.40. The summed E-state index contributed by atoms with van der Waals surface area (Å²) in [7, 11) is 1.64. The van der Waals surface area contributed by atoms with E-state index >= 15 is 0 Å². The Kier molecular flexibility index (Phi) is 6.15. The van der Waals surface area contributed by atoms with Gasteiger partial charge in [0.1, 0.15) is 11.6 Å². The van der Waals surface area contributed by atoms with E-state index in [2.05, 4.69) is 5.32 Å². The molecule has 1 amide bonds. The Labute approximate surface area is 136 Å². The Hall–Kier alpha value is -2.36. The maximum absolute atomic E-state index is 12.9. The van der Waals surface area contributed by atoms with Gasteiger partial charge < -0.3 is 10.1 Å². The Balaban J connectivity index is 1.75. The van der Waals surface area contributed by atoms with E-state index in [1.807, 2.05) is 31.2 Å². The summed E-state index contributed by atoms with van der Waals surface area (Å²) in [5, 5.41) is 2.95. The number of hydrogen-bond donors (Lipinski definition) is 1. The number of methoxy groups -OCH3 is 1. The Morgan fingerprint density at radius 3 is 2.30 bits per heavy atom. The summed E-state index contributed by atoms with van der Waals surface area (Å²) in [6.45, 7) is 2.48. The van der Waals surface area contributed by atoms with Crippen LogP contribution in [0.4, 0.5) is 4.39 Å². The summed E-state index contributed by atoms with van der Waals surface area (Å²) in [4.78, 5) is 12.1. The molecular weight excluding hydrogens is 293 g/mol. The Morgan fingerprint density at radius 2 is 1.70 bits per heavy atom. The first-order valence-electron chi connectivity index (χ1n) is 7.73. The molecule has 0 radical (unpaired) electrons. The highest BCUT2D eigenvalue weighted by Crippen LogP contribution is 2.12. The van der Waals surface area contributed by atoms with Gasteiger partial charge >= 0.3 is 0 Å². The first-order valence-corrected chi connectivity index (χ1v) is 7.73. The zero-order valence-corrected chi connectivity index (χ0v) is 13.5. The van der Waals surface area contributed by atoms with Crippen molar-refractivity contribution in [3.8, 4) is 5.75 Å². The quantitative estimate of drug-likeness (QED) is 0.851. The molecule has 1 atom stereocenters. The van der Waals surface area contributed by atoms with Crippen molar-refractivity contribution in [3.05, 3.63) is 65.5 Å². The standard InChI is InChI=1S/C19H22FNO2/c1-14(13-16-3-7-17(20)8-4-16)19(22)21-12-11-15-5-9-18(23-2)10-6-15/h3-10,14H,11-13H2,1-2H3,(H,21,22). The van der Waals surface area contributed by atoms with E-state index in [9.17, 15) is 9.18 Å². The number of benzene rings is 2. The fourth-order valence-electron chi connectivity index (χ4n) is 2.36. The van der Waals surface area contributed by atoms with Gasteiger partial charge in [-0.2, -0.15) is 0 Å². The molecule has 2 aromatic rings. The summed E-state index contributed by atoms with van der Waals surface area (Å²) in [6.07, 6.45) is 1.38. The number of rotatable bonds is 7. The summed E-state index contributed by atoms with van der Waals surface area (Å²) in [5.41, 5.74) is 2.11. The van der Waals surface area contributed by atoms with Crippen molar-refractivity contribution in [2.75, 3.05) is 13.7 Å². The van der Waals surface area contributed by atoms with Crippen molar-refractivity contribution in [1.82, 2.24) is 5.32 Å². The number of halogens is 1. The zero-order chi connectivity index (χ0) is 16.7. The molecule has 0 saturated heterocycles. The molecule has 0 heterocycles. The molecule has 122 valence electrons. The molecule has 1 unspecified atom stereocenters. The lowest BCUT2D eigenvalue weighted by atomic mass is 10.0. The normalized spacial score (nSPS) is 11.8. The maximum atomic E-state index is 12.9. The fraction of sp³-hybridized carbons (Fsp3) is 0.316. The first-order chi connectivity index (χ1) is 11.1. The molecular formula is C19H22FNO2. The largest absolute Gasteiger partial charge is 0.497 e. The Morgan fingerprint density at radius 1 is 1.09 bits per heavy atom. The highest BCUT2D eigenvalue weighted by molar-refractivity contribution is 5.78. The van der Waals surface area contributed by atoms with Crippen LogP contribution in [0.5, 0.6) is 5.75 Å². The van der Waals surface area contributed by atoms with Gasteiger partial charge in [-0.3, -0.25) is 4.79 Å². The summed E-state index contributed by atoms with van der Waals surface area (Å²) >= 11 is 0. The highest BCUT2D eigenvalue weighted by atomic mass is 19.1. The second-order valence-corrected chi connectivity index (χ2v) is 5.62. The molecule has 0 aliphatic heterocycles. The third-order valence-electron chi connectivity index (χ3n) is 3.77. The lowest BCUT2D eigenvalue weighted by Gasteiger charge is -2.12. The third-order valence-corrected chi connectivity index (χ3v) is 3.77. The SMILES string of the molecule is COc1ccc(CCNC(=O)C(C)Cc2ccc(F)cc2)cc1. The van der Waals surface area contributed by atoms with E-state index < -0.39 is 0 Å². The van der Waals surface area contributed by atoms with Crippen LogP contribution in [-0.2, 0) is 17.6 Å². The topological polar surface area (TPSA) is 38.3 Å². The molecule has 2 aromatic carbocycles. The van der Waals surface area contributed by atoms with Crippen molar-refractivity contribution in [2.24, 2.45) is 5.92 Å². The summed E-state index contributed by atoms with van der Waals surface area (Å²) in [5.74, 6) is 0.440. The van der Waals surface area contributed by atoms with Gasteiger partial charge in [0.2, 0.25) is 5.91 Å². The lowest BCUT2D eigenvalue weighted by Crippen LogP contribution is -2.31. The molecule has 0 bridgehead atoms. The van der Waals surface area contributed by atoms with Crippen molar-refractivity contribution in [2.45, 2.75) is 19.8 Å². The van der Waals surface area contributed by atoms with Gasteiger partial charge in [-0.25, -0.2) is 4.39 Å². The van der Waals surface area contributed by atoms with E-state index in [1.165, 1.54) is 12.1 Å². The van der Waals surface area contributed by atoms with Crippen LogP contribution in [0.15, 0.2) is 48.5 Å². The first kappa shape index (κ1) is 17.0. The molecule has 0 aromatic heterocycles. The second-order valence-electron chi connectivity index (χ2n) is 5.62. The smallest absolute Gasteiger partial charge is 0.223 e. The van der Waals surface area contributed by atoms with Crippen LogP contribution in [-0.4, -0.2) is 19.6 Å². The predicted octanol–water partition coefficient (Wildman–Crippen LogP) is 3.37. The minimum Gasteiger partial charge on any atom is -0.497 e. The van der Waals surface area contributed by atoms with Crippen LogP contribution in [0.3, 0.4) is 0 Å². The van der Waals surface area contributed by atoms with Gasteiger partial charge in [0, 0.05) is 12.5 Å². The number of ether oxygens (including phenoxy) is 1. The van der Waals surface area contributed by atoms with Gasteiger partial charge in [-0.05, 0) is 48.2 Å². The Bertz CT molecular complexity index is 623. The van der Waals surface area contributed by atoms with Crippen molar-refractivity contribution in [1.29, 1.82) is 0 Å². The van der Waals surface area contributed by atoms with E-state index in [1.54, 1.807) is 19.2 Å². The molecule has 0 spiro atoms. The molecule has 0 saturated carbocycles. The minimum atomic E-state index is -0.259. The van der Waals surface area contributed by atoms with Crippen LogP contribution < -0.4 is 10.1 Å². The van der Waals surface area contributed by atoms with Gasteiger partial charge in [-0.1, -0.05) is 31.2 Å². The predicted molar refractivity (Wildman–Crippen MR) is 89.0 cm³/mol. The summed E-state index contributed by atoms with van der Waals surface area (Å²) < 4.78 is 18.0. The van der Waals surface area contributed by atoms with Crippen LogP contribution in [0.2, 0.25) is 0 Å². The van der Waals surface area contributed by atoms with Gasteiger partial charge in [0.15, 0.2) is 0 Å². The number of carbonyl (C=O) groups is 1. The number of amides is 1. The molecule has 2 rings (SSSR count). The van der Waals surface area contributed by atoms with Crippen LogP contribution in [0.1, 0.15) is 18.1 Å². The number of nitrogens with one attached hydrogen (secondary N) is 1. The van der Waals surface area contributed by atoms with Gasteiger partial charge in [-0.15, -0.1) is 0 Å². The molecule has 1 N–H and O–H groups in total. The van der Waals surface area contributed by atoms with E-state index in [0.717, 1.165) is 23.3 Å². The number of carbonyl (C=O) groups excluding carboxylic acids is 1. The highest BCUT2D eigenvalue weighted by Gasteiger charge is 2.13. The van der Waals surface area contributed by atoms with Crippen molar-refractivity contribution >= 4 is 5.91 Å². The number of hydrogen-bond acceptors (Lipinski definition) is 2.